The van der Waals surface area contributed by atoms with Crippen LogP contribution in [0.2, 0.25) is 0 Å². The maximum atomic E-state index is 13.6. The van der Waals surface area contributed by atoms with Crippen LogP contribution in [0.3, 0.4) is 0 Å². The smallest absolute Gasteiger partial charge is 0.310 e. The van der Waals surface area contributed by atoms with Gasteiger partial charge in [0.1, 0.15) is 11.6 Å². The van der Waals surface area contributed by atoms with Crippen molar-refractivity contribution < 1.29 is 18.0 Å². The Morgan fingerprint density at radius 2 is 1.74 bits per heavy atom. The van der Waals surface area contributed by atoms with Gasteiger partial charge in [-0.05, 0) is 78.4 Å². The fraction of sp³-hybridized carbons (Fsp3) is 0.200. The SMILES string of the molecule is O=C(c1ccco1)N1N=C2C(=Cc3ccc(F)cc3)CCC[C@@H]2[C@H]1c1ccc(F)cc1. The molecule has 0 unspecified atom stereocenters. The Balaban J connectivity index is 1.57. The average molecular weight is 418 g/mol. The molecule has 1 amide bonds. The second kappa shape index (κ2) is 7.95. The van der Waals surface area contributed by atoms with Crippen molar-refractivity contribution in [3.63, 3.8) is 0 Å². The van der Waals surface area contributed by atoms with E-state index in [1.165, 1.54) is 35.5 Å². The van der Waals surface area contributed by atoms with Crippen molar-refractivity contribution in [1.29, 1.82) is 0 Å². The van der Waals surface area contributed by atoms with E-state index in [-0.39, 0.29) is 35.3 Å². The number of amides is 1. The van der Waals surface area contributed by atoms with Crippen LogP contribution < -0.4 is 0 Å². The third-order valence-electron chi connectivity index (χ3n) is 5.86. The number of hydrazone groups is 1. The van der Waals surface area contributed by atoms with Crippen LogP contribution in [0, 0.1) is 17.6 Å². The van der Waals surface area contributed by atoms with Gasteiger partial charge in [0.25, 0.3) is 0 Å². The first-order chi connectivity index (χ1) is 15.1. The molecule has 0 radical (unpaired) electrons. The number of furan rings is 1. The summed E-state index contributed by atoms with van der Waals surface area (Å²) in [6.07, 6.45) is 6.09. The number of hydrogen-bond donors (Lipinski definition) is 0. The molecule has 2 aliphatic rings. The van der Waals surface area contributed by atoms with Gasteiger partial charge in [0.2, 0.25) is 0 Å². The maximum Gasteiger partial charge on any atom is 0.310 e. The summed E-state index contributed by atoms with van der Waals surface area (Å²) in [7, 11) is 0. The summed E-state index contributed by atoms with van der Waals surface area (Å²) in [6.45, 7) is 0. The van der Waals surface area contributed by atoms with Crippen LogP contribution in [0.1, 0.15) is 47.0 Å². The molecule has 5 rings (SSSR count). The molecule has 156 valence electrons. The van der Waals surface area contributed by atoms with E-state index in [2.05, 4.69) is 0 Å². The quantitative estimate of drug-likeness (QED) is 0.524. The molecule has 31 heavy (non-hydrogen) atoms. The van der Waals surface area contributed by atoms with Crippen LogP contribution >= 0.6 is 0 Å². The zero-order valence-corrected chi connectivity index (χ0v) is 16.7. The summed E-state index contributed by atoms with van der Waals surface area (Å²) in [6, 6.07) is 15.5. The van der Waals surface area contributed by atoms with Crippen LogP contribution in [0.25, 0.3) is 6.08 Å². The second-order valence-electron chi connectivity index (χ2n) is 7.83. The predicted molar refractivity (Wildman–Crippen MR) is 113 cm³/mol. The molecule has 0 saturated heterocycles. The maximum absolute atomic E-state index is 13.6. The highest BCUT2D eigenvalue weighted by atomic mass is 19.1. The summed E-state index contributed by atoms with van der Waals surface area (Å²) in [5.41, 5.74) is 3.59. The molecule has 3 aromatic rings. The van der Waals surface area contributed by atoms with Gasteiger partial charge in [0, 0.05) is 5.92 Å². The highest BCUT2D eigenvalue weighted by molar-refractivity contribution is 6.08. The normalized spacial score (nSPS) is 21.8. The Labute approximate surface area is 178 Å². The third kappa shape index (κ3) is 3.69. The van der Waals surface area contributed by atoms with Crippen molar-refractivity contribution in [1.82, 2.24) is 5.01 Å². The van der Waals surface area contributed by atoms with Gasteiger partial charge in [-0.1, -0.05) is 24.3 Å². The number of carbonyl (C=O) groups excluding carboxylic acids is 1. The summed E-state index contributed by atoms with van der Waals surface area (Å²) in [5, 5.41) is 6.21. The van der Waals surface area contributed by atoms with Gasteiger partial charge in [-0.25, -0.2) is 13.8 Å². The van der Waals surface area contributed by atoms with Gasteiger partial charge in [-0.2, -0.15) is 5.10 Å². The van der Waals surface area contributed by atoms with E-state index < -0.39 is 0 Å². The molecule has 0 N–H and O–H groups in total. The van der Waals surface area contributed by atoms with Crippen LogP contribution in [0.15, 0.2) is 82.0 Å². The van der Waals surface area contributed by atoms with E-state index in [1.807, 2.05) is 6.08 Å². The molecule has 1 aliphatic heterocycles. The zero-order chi connectivity index (χ0) is 21.4. The van der Waals surface area contributed by atoms with E-state index in [0.717, 1.165) is 41.7 Å². The van der Waals surface area contributed by atoms with Crippen molar-refractivity contribution in [2.75, 3.05) is 0 Å². The van der Waals surface area contributed by atoms with Crippen LogP contribution in [-0.2, 0) is 0 Å². The number of carbonyl (C=O) groups is 1. The number of halogens is 2. The molecule has 6 heteroatoms. The number of benzene rings is 2. The van der Waals surface area contributed by atoms with E-state index in [0.29, 0.717) is 0 Å². The molecular weight excluding hydrogens is 398 g/mol. The second-order valence-corrected chi connectivity index (χ2v) is 7.83. The van der Waals surface area contributed by atoms with E-state index in [4.69, 9.17) is 9.52 Å². The van der Waals surface area contributed by atoms with Crippen LogP contribution in [0.5, 0.6) is 0 Å². The molecule has 1 fully saturated rings. The molecule has 1 aromatic heterocycles. The van der Waals surface area contributed by atoms with E-state index in [1.54, 1.807) is 36.4 Å². The average Bonchev–Trinajstić information content (AvgIpc) is 3.44. The first kappa shape index (κ1) is 19.4. The topological polar surface area (TPSA) is 45.8 Å². The molecule has 0 bridgehead atoms. The summed E-state index contributed by atoms with van der Waals surface area (Å²) in [5.74, 6) is -0.743. The molecule has 4 nitrogen and oxygen atoms in total. The fourth-order valence-electron chi connectivity index (χ4n) is 4.43. The number of nitrogens with zero attached hydrogens (tertiary/aromatic N) is 2. The minimum atomic E-state index is -0.342. The van der Waals surface area contributed by atoms with Crippen LogP contribution in [0.4, 0.5) is 8.78 Å². The molecular formula is C25H20F2N2O2. The molecule has 0 spiro atoms. The number of rotatable bonds is 3. The molecule has 1 saturated carbocycles. The van der Waals surface area contributed by atoms with E-state index >= 15 is 0 Å². The van der Waals surface area contributed by atoms with Crippen molar-refractivity contribution in [2.45, 2.75) is 25.3 Å². The zero-order valence-electron chi connectivity index (χ0n) is 16.7. The Morgan fingerprint density at radius 1 is 1.03 bits per heavy atom. The van der Waals surface area contributed by atoms with Gasteiger partial charge in [0.15, 0.2) is 5.76 Å². The minimum absolute atomic E-state index is 0.00942. The van der Waals surface area contributed by atoms with Gasteiger partial charge in [-0.15, -0.1) is 0 Å². The highest BCUT2D eigenvalue weighted by Gasteiger charge is 2.44. The summed E-state index contributed by atoms with van der Waals surface area (Å²) in [4.78, 5) is 13.2. The molecule has 2 aromatic carbocycles. The summed E-state index contributed by atoms with van der Waals surface area (Å²) < 4.78 is 32.2. The highest BCUT2D eigenvalue weighted by Crippen LogP contribution is 2.45. The van der Waals surface area contributed by atoms with Crippen molar-refractivity contribution in [2.24, 2.45) is 11.0 Å². The minimum Gasteiger partial charge on any atom is -0.459 e. The van der Waals surface area contributed by atoms with Gasteiger partial charge in [0.05, 0.1) is 18.0 Å². The lowest BCUT2D eigenvalue weighted by molar-refractivity contribution is 0.0648. The molecule has 2 heterocycles. The third-order valence-corrected chi connectivity index (χ3v) is 5.86. The molecule has 1 aliphatic carbocycles. The number of hydrogen-bond acceptors (Lipinski definition) is 3. The van der Waals surface area contributed by atoms with E-state index in [9.17, 15) is 13.6 Å². The van der Waals surface area contributed by atoms with Crippen molar-refractivity contribution >= 4 is 17.7 Å². The molecule has 2 atom stereocenters. The van der Waals surface area contributed by atoms with Crippen molar-refractivity contribution in [3.8, 4) is 0 Å². The standard InChI is InChI=1S/C25H20F2N2O2/c26-19-10-6-16(7-11-19)15-18-3-1-4-21-23(18)28-29(25(30)22-5-2-14-31-22)24(21)17-8-12-20(27)13-9-17/h2,5-15,21,24H,1,3-4H2/t21-,24+/m0/s1. The first-order valence-electron chi connectivity index (χ1n) is 10.3. The number of allylic oxidation sites excluding steroid dienone is 1. The monoisotopic (exact) mass is 418 g/mol. The van der Waals surface area contributed by atoms with Gasteiger partial charge in [-0.3, -0.25) is 4.79 Å². The Bertz CT molecular complexity index is 1150. The van der Waals surface area contributed by atoms with Crippen molar-refractivity contribution in [3.05, 3.63) is 101 Å². The lowest BCUT2D eigenvalue weighted by atomic mass is 9.77. The predicted octanol–water partition coefficient (Wildman–Crippen LogP) is 5.99. The number of fused-ring (bicyclic) bond motifs is 1. The first-order valence-corrected chi connectivity index (χ1v) is 10.3. The lowest BCUT2D eigenvalue weighted by Gasteiger charge is -2.29. The summed E-state index contributed by atoms with van der Waals surface area (Å²) >= 11 is 0. The van der Waals surface area contributed by atoms with Gasteiger partial charge >= 0.3 is 5.91 Å². The Morgan fingerprint density at radius 3 is 2.42 bits per heavy atom. The Kier molecular flexibility index (Phi) is 4.98. The fourth-order valence-corrected chi connectivity index (χ4v) is 4.43. The van der Waals surface area contributed by atoms with Crippen LogP contribution in [-0.4, -0.2) is 16.6 Å². The largest absolute Gasteiger partial charge is 0.459 e. The van der Waals surface area contributed by atoms with Gasteiger partial charge < -0.3 is 4.42 Å². The Hall–Kier alpha value is -3.54. The lowest BCUT2D eigenvalue weighted by Crippen LogP contribution is -2.31.